The number of imidazole rings is 1. The molecule has 7 nitrogen and oxygen atoms in total. The number of hydrogen-bond acceptors (Lipinski definition) is 4. The normalized spacial score (nSPS) is 14.5. The Morgan fingerprint density at radius 2 is 1.91 bits per heavy atom. The lowest BCUT2D eigenvalue weighted by Crippen LogP contribution is -2.55. The number of carbonyl (C=O) groups excluding carboxylic acids is 1. The number of hydrazine groups is 1. The van der Waals surface area contributed by atoms with Gasteiger partial charge in [-0.1, -0.05) is 29.8 Å². The SMILES string of the molecule is Cc1ccc(CNN2CCCN(c3ccc(-n4ccnc4CN(C)C)cc3F)C2=O)cc1. The van der Waals surface area contributed by atoms with Gasteiger partial charge in [-0.15, -0.1) is 0 Å². The van der Waals surface area contributed by atoms with Gasteiger partial charge in [-0.05, 0) is 45.1 Å². The number of anilines is 1. The number of aryl methyl sites for hydroxylation is 1. The number of nitrogens with one attached hydrogen (secondary N) is 1. The standard InChI is InChI=1S/C24H29FN6O/c1-18-5-7-19(8-6-18)16-27-31-13-4-12-30(24(31)32)22-10-9-20(15-21(22)25)29-14-11-26-23(29)17-28(2)3/h5-11,14-15,27H,4,12-13,16-17H2,1-3H3. The number of halogens is 1. The molecule has 1 aliphatic rings. The van der Waals surface area contributed by atoms with Crippen LogP contribution in [0.4, 0.5) is 14.9 Å². The molecule has 0 atom stereocenters. The number of nitrogens with zero attached hydrogens (tertiary/aromatic N) is 5. The predicted octanol–water partition coefficient (Wildman–Crippen LogP) is 3.72. The summed E-state index contributed by atoms with van der Waals surface area (Å²) in [4.78, 5) is 20.9. The molecule has 8 heteroatoms. The van der Waals surface area contributed by atoms with Crippen molar-refractivity contribution in [3.63, 3.8) is 0 Å². The first-order valence-corrected chi connectivity index (χ1v) is 10.8. The maximum Gasteiger partial charge on any atom is 0.338 e. The van der Waals surface area contributed by atoms with Crippen LogP contribution >= 0.6 is 0 Å². The summed E-state index contributed by atoms with van der Waals surface area (Å²) in [6.07, 6.45) is 4.27. The van der Waals surface area contributed by atoms with Gasteiger partial charge in [0.1, 0.15) is 11.6 Å². The molecule has 4 rings (SSSR count). The van der Waals surface area contributed by atoms with Crippen molar-refractivity contribution in [3.8, 4) is 5.69 Å². The summed E-state index contributed by atoms with van der Waals surface area (Å²) in [5.74, 6) is 0.392. The minimum atomic E-state index is -0.430. The van der Waals surface area contributed by atoms with E-state index in [4.69, 9.17) is 0 Å². The fourth-order valence-corrected chi connectivity index (χ4v) is 3.82. The molecule has 1 saturated heterocycles. The fourth-order valence-electron chi connectivity index (χ4n) is 3.82. The molecular formula is C24H29FN6O. The van der Waals surface area contributed by atoms with Crippen molar-refractivity contribution >= 4 is 11.7 Å². The Labute approximate surface area is 188 Å². The summed E-state index contributed by atoms with van der Waals surface area (Å²) in [6.45, 7) is 4.29. The van der Waals surface area contributed by atoms with Gasteiger partial charge in [0.25, 0.3) is 0 Å². The molecule has 1 fully saturated rings. The van der Waals surface area contributed by atoms with Crippen LogP contribution in [0.15, 0.2) is 54.9 Å². The van der Waals surface area contributed by atoms with Gasteiger partial charge >= 0.3 is 6.03 Å². The van der Waals surface area contributed by atoms with E-state index in [1.807, 2.05) is 67.0 Å². The molecule has 0 saturated carbocycles. The smallest absolute Gasteiger partial charge is 0.303 e. The monoisotopic (exact) mass is 436 g/mol. The van der Waals surface area contributed by atoms with E-state index < -0.39 is 5.82 Å². The van der Waals surface area contributed by atoms with Gasteiger partial charge in [0.2, 0.25) is 0 Å². The van der Waals surface area contributed by atoms with Gasteiger partial charge in [0.05, 0.1) is 12.2 Å². The number of hydrogen-bond donors (Lipinski definition) is 1. The minimum Gasteiger partial charge on any atom is -0.303 e. The highest BCUT2D eigenvalue weighted by molar-refractivity contribution is 5.92. The maximum atomic E-state index is 15.1. The molecular weight excluding hydrogens is 407 g/mol. The van der Waals surface area contributed by atoms with Gasteiger partial charge in [0.15, 0.2) is 0 Å². The number of carbonyl (C=O) groups is 1. The predicted molar refractivity (Wildman–Crippen MR) is 123 cm³/mol. The highest BCUT2D eigenvalue weighted by Gasteiger charge is 2.28. The average molecular weight is 437 g/mol. The third kappa shape index (κ3) is 4.81. The van der Waals surface area contributed by atoms with E-state index in [0.29, 0.717) is 31.9 Å². The zero-order chi connectivity index (χ0) is 22.7. The van der Waals surface area contributed by atoms with E-state index in [9.17, 15) is 4.79 Å². The summed E-state index contributed by atoms with van der Waals surface area (Å²) in [7, 11) is 3.92. The van der Waals surface area contributed by atoms with Gasteiger partial charge in [0, 0.05) is 43.8 Å². The third-order valence-corrected chi connectivity index (χ3v) is 5.50. The first kappa shape index (κ1) is 22.0. The molecule has 0 unspecified atom stereocenters. The minimum absolute atomic E-state index is 0.245. The van der Waals surface area contributed by atoms with Crippen LogP contribution in [-0.2, 0) is 13.1 Å². The Kier molecular flexibility index (Phi) is 6.53. The van der Waals surface area contributed by atoms with Crippen molar-refractivity contribution < 1.29 is 9.18 Å². The number of aromatic nitrogens is 2. The maximum absolute atomic E-state index is 15.1. The molecule has 3 aromatic rings. The molecule has 0 bridgehead atoms. The van der Waals surface area contributed by atoms with Crippen molar-refractivity contribution in [1.29, 1.82) is 0 Å². The van der Waals surface area contributed by atoms with E-state index in [1.54, 1.807) is 17.3 Å². The molecule has 1 aliphatic heterocycles. The molecule has 1 N–H and O–H groups in total. The lowest BCUT2D eigenvalue weighted by Gasteiger charge is -2.36. The van der Waals surface area contributed by atoms with Gasteiger partial charge in [-0.2, -0.15) is 0 Å². The second kappa shape index (κ2) is 9.50. The van der Waals surface area contributed by atoms with Crippen LogP contribution in [0.2, 0.25) is 0 Å². The Hall–Kier alpha value is -3.23. The van der Waals surface area contributed by atoms with Gasteiger partial charge < -0.3 is 9.47 Å². The molecule has 2 aromatic carbocycles. The van der Waals surface area contributed by atoms with Crippen LogP contribution in [0.3, 0.4) is 0 Å². The molecule has 2 amide bonds. The van der Waals surface area contributed by atoms with Crippen molar-refractivity contribution in [2.75, 3.05) is 32.1 Å². The Balaban J connectivity index is 1.48. The van der Waals surface area contributed by atoms with E-state index in [-0.39, 0.29) is 11.7 Å². The Morgan fingerprint density at radius 3 is 2.62 bits per heavy atom. The topological polar surface area (TPSA) is 56.6 Å². The fraction of sp³-hybridized carbons (Fsp3) is 0.333. The average Bonchev–Trinajstić information content (AvgIpc) is 3.22. The number of rotatable bonds is 7. The molecule has 32 heavy (non-hydrogen) atoms. The van der Waals surface area contributed by atoms with Crippen LogP contribution < -0.4 is 10.3 Å². The molecule has 0 aliphatic carbocycles. The van der Waals surface area contributed by atoms with Gasteiger partial charge in [-0.3, -0.25) is 9.91 Å². The van der Waals surface area contributed by atoms with Crippen molar-refractivity contribution in [2.24, 2.45) is 0 Å². The van der Waals surface area contributed by atoms with E-state index in [0.717, 1.165) is 17.8 Å². The second-order valence-electron chi connectivity index (χ2n) is 8.35. The third-order valence-electron chi connectivity index (χ3n) is 5.50. The number of urea groups is 1. The Morgan fingerprint density at radius 1 is 1.12 bits per heavy atom. The van der Waals surface area contributed by atoms with Crippen LogP contribution in [0.1, 0.15) is 23.4 Å². The van der Waals surface area contributed by atoms with Crippen LogP contribution in [0.5, 0.6) is 0 Å². The summed E-state index contributed by atoms with van der Waals surface area (Å²) >= 11 is 0. The van der Waals surface area contributed by atoms with Crippen LogP contribution in [0, 0.1) is 12.7 Å². The van der Waals surface area contributed by atoms with Crippen molar-refractivity contribution in [1.82, 2.24) is 24.9 Å². The largest absolute Gasteiger partial charge is 0.338 e. The van der Waals surface area contributed by atoms with E-state index in [1.165, 1.54) is 16.5 Å². The lowest BCUT2D eigenvalue weighted by atomic mass is 10.1. The van der Waals surface area contributed by atoms with Crippen molar-refractivity contribution in [2.45, 2.75) is 26.4 Å². The van der Waals surface area contributed by atoms with Gasteiger partial charge in [-0.25, -0.2) is 19.6 Å². The highest BCUT2D eigenvalue weighted by Crippen LogP contribution is 2.26. The molecule has 0 spiro atoms. The summed E-state index contributed by atoms with van der Waals surface area (Å²) in [6, 6.07) is 12.9. The lowest BCUT2D eigenvalue weighted by molar-refractivity contribution is 0.164. The number of benzene rings is 2. The van der Waals surface area contributed by atoms with E-state index >= 15 is 4.39 Å². The van der Waals surface area contributed by atoms with Crippen LogP contribution in [0.25, 0.3) is 5.69 Å². The highest BCUT2D eigenvalue weighted by atomic mass is 19.1. The zero-order valence-corrected chi connectivity index (χ0v) is 18.8. The quantitative estimate of drug-likeness (QED) is 0.613. The second-order valence-corrected chi connectivity index (χ2v) is 8.35. The first-order chi connectivity index (χ1) is 15.4. The van der Waals surface area contributed by atoms with Crippen molar-refractivity contribution in [3.05, 3.63) is 77.6 Å². The van der Waals surface area contributed by atoms with Crippen LogP contribution in [-0.4, -0.2) is 52.7 Å². The first-order valence-electron chi connectivity index (χ1n) is 10.8. The Bertz CT molecular complexity index is 1080. The summed E-state index contributed by atoms with van der Waals surface area (Å²) in [5.41, 5.74) is 6.44. The molecule has 1 aromatic heterocycles. The van der Waals surface area contributed by atoms with E-state index in [2.05, 4.69) is 10.4 Å². The molecule has 2 heterocycles. The molecule has 168 valence electrons. The summed E-state index contributed by atoms with van der Waals surface area (Å²) < 4.78 is 17.0. The summed E-state index contributed by atoms with van der Waals surface area (Å²) in [5, 5.41) is 1.57. The number of amides is 2. The molecule has 0 radical (unpaired) electrons. The zero-order valence-electron chi connectivity index (χ0n) is 18.8.